The fourth-order valence-corrected chi connectivity index (χ4v) is 5.74. The maximum atomic E-state index is 13.5. The third-order valence-corrected chi connectivity index (χ3v) is 7.79. The van der Waals surface area contributed by atoms with Gasteiger partial charge in [0.15, 0.2) is 5.76 Å². The number of piperidine rings is 1. The van der Waals surface area contributed by atoms with Crippen molar-refractivity contribution in [3.05, 3.63) is 83.6 Å². The summed E-state index contributed by atoms with van der Waals surface area (Å²) < 4.78 is 5.23. The molecule has 10 nitrogen and oxygen atoms in total. The normalized spacial score (nSPS) is 19.4. The maximum absolute atomic E-state index is 13.5. The summed E-state index contributed by atoms with van der Waals surface area (Å²) in [6.07, 6.45) is 6.32. The lowest BCUT2D eigenvalue weighted by Crippen LogP contribution is -2.53. The molecule has 0 saturated carbocycles. The highest BCUT2D eigenvalue weighted by atomic mass is 16.3. The Hall–Kier alpha value is -4.47. The highest BCUT2D eigenvalue weighted by Crippen LogP contribution is 2.35. The lowest BCUT2D eigenvalue weighted by atomic mass is 9.94. The van der Waals surface area contributed by atoms with Crippen molar-refractivity contribution in [2.24, 2.45) is 5.92 Å². The van der Waals surface area contributed by atoms with Gasteiger partial charge in [-0.25, -0.2) is 0 Å². The number of fused-ring (bicyclic) bond motifs is 1. The van der Waals surface area contributed by atoms with E-state index in [-0.39, 0.29) is 36.1 Å². The first kappa shape index (κ1) is 24.8. The van der Waals surface area contributed by atoms with Gasteiger partial charge in [0.05, 0.1) is 35.5 Å². The van der Waals surface area contributed by atoms with E-state index < -0.39 is 0 Å². The number of hydrogen-bond acceptors (Lipinski definition) is 7. The topological polar surface area (TPSA) is 107 Å². The number of anilines is 1. The van der Waals surface area contributed by atoms with Crippen LogP contribution in [0.2, 0.25) is 0 Å². The molecule has 0 N–H and O–H groups in total. The van der Waals surface area contributed by atoms with Gasteiger partial charge in [-0.15, -0.1) is 0 Å². The molecule has 0 bridgehead atoms. The van der Waals surface area contributed by atoms with E-state index in [0.29, 0.717) is 61.8 Å². The summed E-state index contributed by atoms with van der Waals surface area (Å²) in [6.45, 7) is 3.22. The van der Waals surface area contributed by atoms with Crippen molar-refractivity contribution in [2.45, 2.75) is 19.4 Å². The minimum absolute atomic E-state index is 0.0686. The monoisotopic (exact) mass is 527 g/mol. The Labute approximate surface area is 225 Å². The van der Waals surface area contributed by atoms with E-state index in [1.807, 2.05) is 11.0 Å². The Morgan fingerprint density at radius 2 is 1.67 bits per heavy atom. The van der Waals surface area contributed by atoms with Crippen molar-refractivity contribution < 1.29 is 23.6 Å². The number of carbonyl (C=O) groups excluding carboxylic acids is 4. The van der Waals surface area contributed by atoms with Gasteiger partial charge in [-0.2, -0.15) is 0 Å². The maximum Gasteiger partial charge on any atom is 0.289 e. The van der Waals surface area contributed by atoms with Crippen LogP contribution in [0.4, 0.5) is 5.69 Å². The van der Waals surface area contributed by atoms with Crippen LogP contribution in [0, 0.1) is 5.92 Å². The summed E-state index contributed by atoms with van der Waals surface area (Å²) in [4.78, 5) is 63.6. The number of aromatic nitrogens is 1. The lowest BCUT2D eigenvalue weighted by molar-refractivity contribution is -0.137. The van der Waals surface area contributed by atoms with Crippen LogP contribution < -0.4 is 4.90 Å². The van der Waals surface area contributed by atoms with Crippen LogP contribution in [0.3, 0.4) is 0 Å². The summed E-state index contributed by atoms with van der Waals surface area (Å²) in [5.41, 5.74) is 2.34. The average molecular weight is 528 g/mol. The van der Waals surface area contributed by atoms with Crippen molar-refractivity contribution in [3.63, 3.8) is 0 Å². The molecule has 1 atom stereocenters. The second-order valence-electron chi connectivity index (χ2n) is 10.1. The zero-order chi connectivity index (χ0) is 26.9. The minimum atomic E-state index is -0.312. The summed E-state index contributed by atoms with van der Waals surface area (Å²) >= 11 is 0. The standard InChI is InChI=1S/C29H29N5O5/c35-26(31-13-15-32(16-14-31)28(37)24-7-3-17-39-24)21-4-2-12-33(19-21)23-6-1-5-22-25(23)29(38)34(27(22)36)18-20-8-10-30-11-9-20/h1,3,5-11,17,21H,2,4,12-16,18-19H2/t21-/m1/s1. The minimum Gasteiger partial charge on any atom is -0.459 e. The number of amides is 4. The van der Waals surface area contributed by atoms with Crippen LogP contribution in [-0.4, -0.2) is 82.6 Å². The molecule has 10 heteroatoms. The first-order valence-electron chi connectivity index (χ1n) is 13.3. The molecule has 3 aliphatic heterocycles. The van der Waals surface area contributed by atoms with Crippen molar-refractivity contribution in [1.29, 1.82) is 0 Å². The number of rotatable bonds is 5. The van der Waals surface area contributed by atoms with Crippen LogP contribution in [0.15, 0.2) is 65.5 Å². The Bertz CT molecular complexity index is 1400. The number of imide groups is 1. The fraction of sp³-hybridized carbons (Fsp3) is 0.345. The molecule has 0 spiro atoms. The molecule has 3 aromatic rings. The number of furan rings is 1. The smallest absolute Gasteiger partial charge is 0.289 e. The Balaban J connectivity index is 1.13. The average Bonchev–Trinajstić information content (AvgIpc) is 3.61. The summed E-state index contributed by atoms with van der Waals surface area (Å²) in [5.74, 6) is -0.624. The van der Waals surface area contributed by atoms with Crippen LogP contribution in [0.25, 0.3) is 0 Å². The first-order valence-corrected chi connectivity index (χ1v) is 13.3. The largest absolute Gasteiger partial charge is 0.459 e. The first-order chi connectivity index (χ1) is 19.0. The number of pyridine rings is 1. The van der Waals surface area contributed by atoms with Crippen molar-refractivity contribution in [2.75, 3.05) is 44.2 Å². The molecular formula is C29H29N5O5. The summed E-state index contributed by atoms with van der Waals surface area (Å²) in [5, 5.41) is 0. The highest BCUT2D eigenvalue weighted by Gasteiger charge is 2.40. The molecular weight excluding hydrogens is 498 g/mol. The van der Waals surface area contributed by atoms with Gasteiger partial charge in [0, 0.05) is 51.7 Å². The molecule has 200 valence electrons. The van der Waals surface area contributed by atoms with Crippen molar-refractivity contribution in [1.82, 2.24) is 19.7 Å². The molecule has 0 aliphatic carbocycles. The quantitative estimate of drug-likeness (QED) is 0.470. The zero-order valence-corrected chi connectivity index (χ0v) is 21.5. The van der Waals surface area contributed by atoms with Gasteiger partial charge < -0.3 is 19.1 Å². The zero-order valence-electron chi connectivity index (χ0n) is 21.5. The lowest BCUT2D eigenvalue weighted by Gasteiger charge is -2.39. The van der Waals surface area contributed by atoms with Crippen LogP contribution in [0.1, 0.15) is 49.7 Å². The predicted molar refractivity (Wildman–Crippen MR) is 141 cm³/mol. The Morgan fingerprint density at radius 1 is 0.897 bits per heavy atom. The molecule has 3 aliphatic rings. The van der Waals surface area contributed by atoms with E-state index in [2.05, 4.69) is 9.88 Å². The van der Waals surface area contributed by atoms with Gasteiger partial charge in [0.25, 0.3) is 17.7 Å². The number of hydrogen-bond donors (Lipinski definition) is 0. The highest BCUT2D eigenvalue weighted by molar-refractivity contribution is 6.23. The molecule has 39 heavy (non-hydrogen) atoms. The Morgan fingerprint density at radius 3 is 2.41 bits per heavy atom. The summed E-state index contributed by atoms with van der Waals surface area (Å²) in [7, 11) is 0. The van der Waals surface area contributed by atoms with E-state index in [0.717, 1.165) is 18.4 Å². The van der Waals surface area contributed by atoms with Gasteiger partial charge in [0.1, 0.15) is 0 Å². The Kier molecular flexibility index (Phi) is 6.60. The predicted octanol–water partition coefficient (Wildman–Crippen LogP) is 2.67. The van der Waals surface area contributed by atoms with Gasteiger partial charge >= 0.3 is 0 Å². The number of piperazine rings is 1. The van der Waals surface area contributed by atoms with Crippen molar-refractivity contribution >= 4 is 29.3 Å². The molecule has 0 unspecified atom stereocenters. The van der Waals surface area contributed by atoms with Gasteiger partial charge in [0.2, 0.25) is 5.91 Å². The van der Waals surface area contributed by atoms with E-state index >= 15 is 0 Å². The fourth-order valence-electron chi connectivity index (χ4n) is 5.74. The van der Waals surface area contributed by atoms with Gasteiger partial charge in [-0.05, 0) is 54.8 Å². The van der Waals surface area contributed by atoms with Gasteiger partial charge in [-0.1, -0.05) is 6.07 Å². The van der Waals surface area contributed by atoms with E-state index in [4.69, 9.17) is 4.42 Å². The molecule has 0 radical (unpaired) electrons. The molecule has 2 saturated heterocycles. The molecule has 1 aromatic carbocycles. The third kappa shape index (κ3) is 4.67. The third-order valence-electron chi connectivity index (χ3n) is 7.79. The number of benzene rings is 1. The van der Waals surface area contributed by atoms with Crippen LogP contribution in [-0.2, 0) is 11.3 Å². The molecule has 5 heterocycles. The van der Waals surface area contributed by atoms with Gasteiger partial charge in [-0.3, -0.25) is 29.1 Å². The van der Waals surface area contributed by atoms with Crippen molar-refractivity contribution in [3.8, 4) is 0 Å². The SMILES string of the molecule is O=C(c1ccco1)N1CCN(C(=O)[C@@H]2CCCN(c3cccc4c3C(=O)N(Cc3ccncc3)C4=O)C2)CC1. The molecule has 6 rings (SSSR count). The van der Waals surface area contributed by atoms with E-state index in [9.17, 15) is 19.2 Å². The van der Waals surface area contributed by atoms with E-state index in [1.54, 1.807) is 53.7 Å². The van der Waals surface area contributed by atoms with Crippen LogP contribution >= 0.6 is 0 Å². The molecule has 2 fully saturated rings. The second kappa shape index (κ2) is 10.4. The summed E-state index contributed by atoms with van der Waals surface area (Å²) in [6, 6.07) is 12.3. The molecule has 4 amide bonds. The number of nitrogens with zero attached hydrogens (tertiary/aromatic N) is 5. The molecule has 2 aromatic heterocycles. The number of carbonyl (C=O) groups is 4. The second-order valence-corrected chi connectivity index (χ2v) is 10.1. The van der Waals surface area contributed by atoms with E-state index in [1.165, 1.54) is 11.2 Å². The van der Waals surface area contributed by atoms with Crippen LogP contribution in [0.5, 0.6) is 0 Å².